The van der Waals surface area contributed by atoms with Gasteiger partial charge < -0.3 is 29.2 Å². The van der Waals surface area contributed by atoms with E-state index in [-0.39, 0.29) is 5.91 Å². The summed E-state index contributed by atoms with van der Waals surface area (Å²) in [5, 5.41) is 11.2. The van der Waals surface area contributed by atoms with Gasteiger partial charge in [-0.15, -0.1) is 10.2 Å². The molecule has 1 aliphatic heterocycles. The van der Waals surface area contributed by atoms with Crippen LogP contribution < -0.4 is 19.5 Å². The van der Waals surface area contributed by atoms with Crippen LogP contribution in [0.5, 0.6) is 17.2 Å². The Balaban J connectivity index is 1.75. The molecular formula is C18H22N4O5. The minimum atomic E-state index is -0.148. The molecule has 9 nitrogen and oxygen atoms in total. The van der Waals surface area contributed by atoms with Crippen molar-refractivity contribution < 1.29 is 23.7 Å². The van der Waals surface area contributed by atoms with Crippen molar-refractivity contribution in [3.05, 3.63) is 30.0 Å². The molecule has 0 radical (unpaired) electrons. The summed E-state index contributed by atoms with van der Waals surface area (Å²) in [6.45, 7) is 2.21. The summed E-state index contributed by atoms with van der Waals surface area (Å²) in [5.41, 5.74) is 0.985. The Hall–Kier alpha value is -3.07. The van der Waals surface area contributed by atoms with Crippen LogP contribution in [0.15, 0.2) is 24.3 Å². The summed E-state index contributed by atoms with van der Waals surface area (Å²) < 4.78 is 21.2. The number of aromatic nitrogens is 2. The summed E-state index contributed by atoms with van der Waals surface area (Å²) in [4.78, 5) is 14.1. The van der Waals surface area contributed by atoms with E-state index in [4.69, 9.17) is 18.9 Å². The van der Waals surface area contributed by atoms with Crippen LogP contribution in [-0.4, -0.2) is 68.6 Å². The van der Waals surface area contributed by atoms with Crippen molar-refractivity contribution in [1.29, 1.82) is 0 Å². The maximum atomic E-state index is 12.4. The molecule has 1 fully saturated rings. The second kappa shape index (κ2) is 8.54. The molecule has 0 saturated carbocycles. The Morgan fingerprint density at radius 1 is 1.04 bits per heavy atom. The Morgan fingerprint density at radius 2 is 1.70 bits per heavy atom. The van der Waals surface area contributed by atoms with E-state index < -0.39 is 0 Å². The Labute approximate surface area is 157 Å². The molecule has 9 heteroatoms. The molecule has 1 amide bonds. The van der Waals surface area contributed by atoms with Gasteiger partial charge >= 0.3 is 0 Å². The van der Waals surface area contributed by atoms with Gasteiger partial charge in [-0.3, -0.25) is 4.79 Å². The Kier molecular flexibility index (Phi) is 5.92. The first-order valence-corrected chi connectivity index (χ1v) is 8.44. The summed E-state index contributed by atoms with van der Waals surface area (Å²) in [5.74, 6) is 1.88. The number of hydrogen-bond donors (Lipinski definition) is 1. The van der Waals surface area contributed by atoms with Crippen molar-refractivity contribution in [2.75, 3.05) is 52.9 Å². The molecule has 1 aliphatic rings. The minimum absolute atomic E-state index is 0.148. The van der Waals surface area contributed by atoms with Gasteiger partial charge in [-0.2, -0.15) is 0 Å². The Morgan fingerprint density at radius 3 is 2.22 bits per heavy atom. The summed E-state index contributed by atoms with van der Waals surface area (Å²) in [7, 11) is 4.64. The number of ether oxygens (including phenoxy) is 4. The van der Waals surface area contributed by atoms with Gasteiger partial charge in [0.05, 0.1) is 34.5 Å². The molecule has 3 rings (SSSR count). The predicted molar refractivity (Wildman–Crippen MR) is 98.1 cm³/mol. The predicted octanol–water partition coefficient (Wildman–Crippen LogP) is 1.72. The second-order valence-electron chi connectivity index (χ2n) is 5.75. The van der Waals surface area contributed by atoms with E-state index in [1.54, 1.807) is 50.5 Å². The largest absolute Gasteiger partial charge is 0.493 e. The van der Waals surface area contributed by atoms with Crippen LogP contribution in [-0.2, 0) is 4.74 Å². The smallest absolute Gasteiger partial charge is 0.274 e. The first-order chi connectivity index (χ1) is 13.2. The monoisotopic (exact) mass is 374 g/mol. The van der Waals surface area contributed by atoms with E-state index in [1.807, 2.05) is 0 Å². The quantitative estimate of drug-likeness (QED) is 0.817. The maximum absolute atomic E-state index is 12.4. The molecule has 0 unspecified atom stereocenters. The Bertz CT molecular complexity index is 766. The third-order valence-corrected chi connectivity index (χ3v) is 4.12. The molecule has 2 aromatic rings. The van der Waals surface area contributed by atoms with E-state index in [9.17, 15) is 4.79 Å². The van der Waals surface area contributed by atoms with Gasteiger partial charge in [-0.1, -0.05) is 0 Å². The van der Waals surface area contributed by atoms with Gasteiger partial charge in [0, 0.05) is 30.9 Å². The van der Waals surface area contributed by atoms with Crippen molar-refractivity contribution in [3.63, 3.8) is 0 Å². The normalized spacial score (nSPS) is 13.8. The summed E-state index contributed by atoms with van der Waals surface area (Å²) in [6.07, 6.45) is 0. The number of rotatable bonds is 6. The SMILES string of the molecule is COc1cc(Nc2ccc(C(=O)N3CCOCC3)nn2)cc(OC)c1OC. The molecule has 2 heterocycles. The molecule has 144 valence electrons. The number of benzene rings is 1. The molecule has 0 atom stereocenters. The van der Waals surface area contributed by atoms with E-state index in [0.717, 1.165) is 0 Å². The second-order valence-corrected chi connectivity index (χ2v) is 5.75. The fraction of sp³-hybridized carbons (Fsp3) is 0.389. The van der Waals surface area contributed by atoms with Gasteiger partial charge in [0.25, 0.3) is 5.91 Å². The number of nitrogens with zero attached hydrogens (tertiary/aromatic N) is 3. The van der Waals surface area contributed by atoms with Crippen molar-refractivity contribution >= 4 is 17.4 Å². The highest BCUT2D eigenvalue weighted by atomic mass is 16.5. The van der Waals surface area contributed by atoms with Crippen LogP contribution in [0.25, 0.3) is 0 Å². The van der Waals surface area contributed by atoms with Crippen molar-refractivity contribution in [2.24, 2.45) is 0 Å². The number of anilines is 2. The van der Waals surface area contributed by atoms with Gasteiger partial charge in [0.15, 0.2) is 23.0 Å². The average molecular weight is 374 g/mol. The van der Waals surface area contributed by atoms with Crippen molar-refractivity contribution in [1.82, 2.24) is 15.1 Å². The fourth-order valence-electron chi connectivity index (χ4n) is 2.74. The van der Waals surface area contributed by atoms with Crippen LogP contribution in [0, 0.1) is 0 Å². The molecule has 27 heavy (non-hydrogen) atoms. The lowest BCUT2D eigenvalue weighted by Crippen LogP contribution is -2.41. The molecule has 1 N–H and O–H groups in total. The minimum Gasteiger partial charge on any atom is -0.493 e. The highest BCUT2D eigenvalue weighted by Crippen LogP contribution is 2.40. The highest BCUT2D eigenvalue weighted by Gasteiger charge is 2.20. The third-order valence-electron chi connectivity index (χ3n) is 4.12. The van der Waals surface area contributed by atoms with Gasteiger partial charge in [0.2, 0.25) is 5.75 Å². The molecular weight excluding hydrogens is 352 g/mol. The first kappa shape index (κ1) is 18.7. The highest BCUT2D eigenvalue weighted by molar-refractivity contribution is 5.92. The number of morpholine rings is 1. The van der Waals surface area contributed by atoms with Crippen LogP contribution in [0.1, 0.15) is 10.5 Å². The molecule has 0 aliphatic carbocycles. The van der Waals surface area contributed by atoms with E-state index in [2.05, 4.69) is 15.5 Å². The standard InChI is InChI=1S/C18H22N4O5/c1-24-14-10-12(11-15(25-2)17(14)26-3)19-16-5-4-13(20-21-16)18(23)22-6-8-27-9-7-22/h4-5,10-11H,6-9H2,1-3H3,(H,19,21). The van der Waals surface area contributed by atoms with Crippen LogP contribution >= 0.6 is 0 Å². The number of carbonyl (C=O) groups is 1. The topological polar surface area (TPSA) is 95.0 Å². The molecule has 1 aromatic carbocycles. The van der Waals surface area contributed by atoms with E-state index in [0.29, 0.717) is 60.8 Å². The zero-order valence-electron chi connectivity index (χ0n) is 15.5. The zero-order valence-corrected chi connectivity index (χ0v) is 15.5. The van der Waals surface area contributed by atoms with Crippen LogP contribution in [0.3, 0.4) is 0 Å². The van der Waals surface area contributed by atoms with Crippen molar-refractivity contribution in [2.45, 2.75) is 0 Å². The van der Waals surface area contributed by atoms with E-state index >= 15 is 0 Å². The van der Waals surface area contributed by atoms with Gasteiger partial charge in [-0.25, -0.2) is 0 Å². The lowest BCUT2D eigenvalue weighted by molar-refractivity contribution is 0.0298. The zero-order chi connectivity index (χ0) is 19.2. The van der Waals surface area contributed by atoms with Crippen LogP contribution in [0.2, 0.25) is 0 Å². The van der Waals surface area contributed by atoms with Crippen molar-refractivity contribution in [3.8, 4) is 17.2 Å². The molecule has 0 spiro atoms. The maximum Gasteiger partial charge on any atom is 0.274 e. The molecule has 1 saturated heterocycles. The molecule has 1 aromatic heterocycles. The van der Waals surface area contributed by atoms with Gasteiger partial charge in [-0.05, 0) is 12.1 Å². The number of amides is 1. The van der Waals surface area contributed by atoms with Gasteiger partial charge in [0.1, 0.15) is 0 Å². The lowest BCUT2D eigenvalue weighted by Gasteiger charge is -2.26. The third kappa shape index (κ3) is 4.20. The average Bonchev–Trinajstić information content (AvgIpc) is 2.73. The first-order valence-electron chi connectivity index (χ1n) is 8.44. The number of nitrogens with one attached hydrogen (secondary N) is 1. The number of methoxy groups -OCH3 is 3. The number of carbonyl (C=O) groups excluding carboxylic acids is 1. The number of hydrogen-bond acceptors (Lipinski definition) is 8. The summed E-state index contributed by atoms with van der Waals surface area (Å²) >= 11 is 0. The van der Waals surface area contributed by atoms with E-state index in [1.165, 1.54) is 0 Å². The van der Waals surface area contributed by atoms with Crippen LogP contribution in [0.4, 0.5) is 11.5 Å². The lowest BCUT2D eigenvalue weighted by atomic mass is 10.2. The fourth-order valence-corrected chi connectivity index (χ4v) is 2.74. The molecule has 0 bridgehead atoms. The summed E-state index contributed by atoms with van der Waals surface area (Å²) in [6, 6.07) is 6.86.